The second kappa shape index (κ2) is 6.96. The molecule has 2 atom stereocenters. The van der Waals surface area contributed by atoms with Crippen molar-refractivity contribution >= 4 is 23.5 Å². The van der Waals surface area contributed by atoms with Gasteiger partial charge in [-0.25, -0.2) is 9.07 Å². The van der Waals surface area contributed by atoms with Crippen molar-refractivity contribution in [2.45, 2.75) is 31.1 Å². The molecule has 0 bridgehead atoms. The molecule has 1 aromatic carbocycles. The molecule has 1 aliphatic heterocycles. The van der Waals surface area contributed by atoms with Crippen molar-refractivity contribution in [3.63, 3.8) is 0 Å². The van der Waals surface area contributed by atoms with Crippen LogP contribution in [0.1, 0.15) is 42.5 Å². The monoisotopic (exact) mass is 377 g/mol. The zero-order valence-corrected chi connectivity index (χ0v) is 15.3. The van der Waals surface area contributed by atoms with Crippen molar-refractivity contribution in [3.05, 3.63) is 40.4 Å². The molecule has 2 aliphatic rings. The maximum absolute atomic E-state index is 14.0. The van der Waals surface area contributed by atoms with Crippen molar-refractivity contribution in [1.82, 2.24) is 20.1 Å². The van der Waals surface area contributed by atoms with Gasteiger partial charge in [-0.15, -0.1) is 0 Å². The lowest BCUT2D eigenvalue weighted by molar-refractivity contribution is -0.117. The molecule has 2 N–H and O–H groups in total. The summed E-state index contributed by atoms with van der Waals surface area (Å²) in [7, 11) is 1.77. The number of amides is 1. The molecule has 26 heavy (non-hydrogen) atoms. The van der Waals surface area contributed by atoms with E-state index in [1.165, 1.54) is 6.07 Å². The zero-order valence-electron chi connectivity index (χ0n) is 14.5. The van der Waals surface area contributed by atoms with E-state index in [-0.39, 0.29) is 23.6 Å². The van der Waals surface area contributed by atoms with E-state index in [0.29, 0.717) is 28.9 Å². The smallest absolute Gasteiger partial charge is 0.230 e. The van der Waals surface area contributed by atoms with Gasteiger partial charge in [0.05, 0.1) is 0 Å². The Morgan fingerprint density at radius 2 is 2.15 bits per heavy atom. The van der Waals surface area contributed by atoms with Crippen molar-refractivity contribution in [2.75, 3.05) is 18.4 Å². The number of carbonyl (C=O) groups is 1. The quantitative estimate of drug-likeness (QED) is 0.859. The molecule has 6 nitrogen and oxygen atoms in total. The lowest BCUT2D eigenvalue weighted by Crippen LogP contribution is -2.27. The number of aryl methyl sites for hydroxylation is 1. The van der Waals surface area contributed by atoms with Crippen molar-refractivity contribution in [1.29, 1.82) is 0 Å². The van der Waals surface area contributed by atoms with E-state index in [1.807, 2.05) is 0 Å². The van der Waals surface area contributed by atoms with E-state index in [4.69, 9.17) is 11.6 Å². The SMILES string of the molecule is Cn1nc(C2CCNCC2)nc1NC(=O)C1CC1c1c(F)cccc1Cl. The summed E-state index contributed by atoms with van der Waals surface area (Å²) in [6.07, 6.45) is 2.58. The summed E-state index contributed by atoms with van der Waals surface area (Å²) in [5.74, 6) is 0.539. The van der Waals surface area contributed by atoms with Gasteiger partial charge in [-0.1, -0.05) is 17.7 Å². The van der Waals surface area contributed by atoms with Crippen LogP contribution in [-0.4, -0.2) is 33.8 Å². The Morgan fingerprint density at radius 1 is 1.38 bits per heavy atom. The fourth-order valence-corrected chi connectivity index (χ4v) is 3.94. The average molecular weight is 378 g/mol. The first kappa shape index (κ1) is 17.4. The van der Waals surface area contributed by atoms with E-state index in [9.17, 15) is 9.18 Å². The maximum atomic E-state index is 14.0. The van der Waals surface area contributed by atoms with Crippen LogP contribution in [0.15, 0.2) is 18.2 Å². The summed E-state index contributed by atoms with van der Waals surface area (Å²) in [6, 6.07) is 4.60. The van der Waals surface area contributed by atoms with E-state index in [2.05, 4.69) is 20.7 Å². The number of nitrogens with one attached hydrogen (secondary N) is 2. The van der Waals surface area contributed by atoms with Gasteiger partial charge < -0.3 is 5.32 Å². The van der Waals surface area contributed by atoms with Crippen LogP contribution in [0.2, 0.25) is 5.02 Å². The van der Waals surface area contributed by atoms with Crippen molar-refractivity contribution < 1.29 is 9.18 Å². The molecule has 0 spiro atoms. The predicted octanol–water partition coefficient (Wildman–Crippen LogP) is 2.82. The number of hydrogen-bond acceptors (Lipinski definition) is 4. The number of hydrogen-bond donors (Lipinski definition) is 2. The van der Waals surface area contributed by atoms with Gasteiger partial charge in [-0.05, 0) is 44.5 Å². The van der Waals surface area contributed by atoms with Gasteiger partial charge in [0.15, 0.2) is 5.82 Å². The molecule has 2 heterocycles. The Morgan fingerprint density at radius 3 is 2.88 bits per heavy atom. The van der Waals surface area contributed by atoms with Crippen LogP contribution in [0.3, 0.4) is 0 Å². The Labute approximate surface area is 156 Å². The van der Waals surface area contributed by atoms with Gasteiger partial charge in [0, 0.05) is 35.4 Å². The molecule has 1 saturated heterocycles. The number of nitrogens with zero attached hydrogens (tertiary/aromatic N) is 3. The normalized spacial score (nSPS) is 23.0. The topological polar surface area (TPSA) is 71.8 Å². The third-order valence-corrected chi connectivity index (χ3v) is 5.55. The molecule has 0 radical (unpaired) electrons. The van der Waals surface area contributed by atoms with E-state index in [0.717, 1.165) is 31.8 Å². The highest BCUT2D eigenvalue weighted by Gasteiger charge is 2.46. The Bertz CT molecular complexity index is 813. The number of anilines is 1. The van der Waals surface area contributed by atoms with Crippen LogP contribution in [0, 0.1) is 11.7 Å². The van der Waals surface area contributed by atoms with Crippen molar-refractivity contribution in [3.8, 4) is 0 Å². The predicted molar refractivity (Wildman–Crippen MR) is 96.7 cm³/mol. The molecule has 138 valence electrons. The van der Waals surface area contributed by atoms with Crippen LogP contribution in [0.5, 0.6) is 0 Å². The highest BCUT2D eigenvalue weighted by Crippen LogP contribution is 2.50. The molecular weight excluding hydrogens is 357 g/mol. The van der Waals surface area contributed by atoms with Crippen molar-refractivity contribution in [2.24, 2.45) is 13.0 Å². The Kier molecular flexibility index (Phi) is 4.67. The zero-order chi connectivity index (χ0) is 18.3. The lowest BCUT2D eigenvalue weighted by Gasteiger charge is -2.19. The van der Waals surface area contributed by atoms with Gasteiger partial charge in [-0.2, -0.15) is 10.1 Å². The number of halogens is 2. The van der Waals surface area contributed by atoms with E-state index in [1.54, 1.807) is 23.9 Å². The van der Waals surface area contributed by atoms with Crippen LogP contribution in [0.4, 0.5) is 10.3 Å². The second-order valence-electron chi connectivity index (χ2n) is 7.01. The number of rotatable bonds is 4. The van der Waals surface area contributed by atoms with Gasteiger partial charge in [0.1, 0.15) is 5.82 Å². The third kappa shape index (κ3) is 3.33. The Hall–Kier alpha value is -1.99. The minimum absolute atomic E-state index is 0.165. The number of aromatic nitrogens is 3. The van der Waals surface area contributed by atoms with Crippen LogP contribution >= 0.6 is 11.6 Å². The average Bonchev–Trinajstić information content (AvgIpc) is 3.33. The summed E-state index contributed by atoms with van der Waals surface area (Å²) in [6.45, 7) is 1.91. The fourth-order valence-electron chi connectivity index (χ4n) is 3.64. The maximum Gasteiger partial charge on any atom is 0.230 e. The van der Waals surface area contributed by atoms with Gasteiger partial charge in [0.2, 0.25) is 11.9 Å². The van der Waals surface area contributed by atoms with Gasteiger partial charge in [-0.3, -0.25) is 10.1 Å². The molecule has 1 amide bonds. The summed E-state index contributed by atoms with van der Waals surface area (Å²) < 4.78 is 15.6. The molecule has 1 aliphatic carbocycles. The largest absolute Gasteiger partial charge is 0.317 e. The lowest BCUT2D eigenvalue weighted by atomic mass is 9.98. The number of benzene rings is 1. The summed E-state index contributed by atoms with van der Waals surface area (Å²) in [5, 5.41) is 11.0. The highest BCUT2D eigenvalue weighted by molar-refractivity contribution is 6.31. The fraction of sp³-hybridized carbons (Fsp3) is 0.500. The number of piperidine rings is 1. The van der Waals surface area contributed by atoms with E-state index >= 15 is 0 Å². The highest BCUT2D eigenvalue weighted by atomic mass is 35.5. The Balaban J connectivity index is 1.44. The van der Waals surface area contributed by atoms with Gasteiger partial charge in [0.25, 0.3) is 0 Å². The third-order valence-electron chi connectivity index (χ3n) is 5.22. The molecule has 8 heteroatoms. The number of carbonyl (C=O) groups excluding carboxylic acids is 1. The molecule has 1 aromatic heterocycles. The molecule has 1 saturated carbocycles. The molecule has 2 aromatic rings. The molecule has 2 fully saturated rings. The molecular formula is C18H21ClFN5O. The standard InChI is InChI=1S/C18H21ClFN5O/c1-25-18(22-16(24-25)10-5-7-21-8-6-10)23-17(26)12-9-11(12)15-13(19)3-2-4-14(15)20/h2-4,10-12,21H,5-9H2,1H3,(H,22,23,24,26). The first-order valence-electron chi connectivity index (χ1n) is 8.91. The summed E-state index contributed by atoms with van der Waals surface area (Å²) in [5.41, 5.74) is 0.433. The second-order valence-corrected chi connectivity index (χ2v) is 7.42. The first-order valence-corrected chi connectivity index (χ1v) is 9.29. The first-order chi connectivity index (χ1) is 12.5. The summed E-state index contributed by atoms with van der Waals surface area (Å²) >= 11 is 6.11. The minimum Gasteiger partial charge on any atom is -0.317 e. The minimum atomic E-state index is -0.357. The van der Waals surface area contributed by atoms with Crippen LogP contribution < -0.4 is 10.6 Å². The van der Waals surface area contributed by atoms with Crippen LogP contribution in [-0.2, 0) is 11.8 Å². The van der Waals surface area contributed by atoms with E-state index < -0.39 is 0 Å². The molecule has 4 rings (SSSR count). The molecule has 2 unspecified atom stereocenters. The summed E-state index contributed by atoms with van der Waals surface area (Å²) in [4.78, 5) is 17.1. The van der Waals surface area contributed by atoms with Gasteiger partial charge >= 0.3 is 0 Å². The van der Waals surface area contributed by atoms with Crippen LogP contribution in [0.25, 0.3) is 0 Å².